The van der Waals surface area contributed by atoms with Gasteiger partial charge in [0.25, 0.3) is 0 Å². The molecule has 0 saturated carbocycles. The summed E-state index contributed by atoms with van der Waals surface area (Å²) in [6, 6.07) is 0.279. The predicted molar refractivity (Wildman–Crippen MR) is 82.5 cm³/mol. The van der Waals surface area contributed by atoms with Gasteiger partial charge in [0.15, 0.2) is 0 Å². The van der Waals surface area contributed by atoms with Gasteiger partial charge < -0.3 is 0 Å². The predicted octanol–water partition coefficient (Wildman–Crippen LogP) is 1.02. The number of nitrogens with zero attached hydrogens (tertiary/aromatic N) is 1. The van der Waals surface area contributed by atoms with E-state index in [1.54, 1.807) is 4.31 Å². The number of nitrogens with two attached hydrogens (primary N) is 1. The smallest absolute Gasteiger partial charge is 0.211 e. The van der Waals surface area contributed by atoms with Crippen LogP contribution in [0.3, 0.4) is 0 Å². The lowest BCUT2D eigenvalue weighted by molar-refractivity contribution is 0.242. The third-order valence-corrected chi connectivity index (χ3v) is 6.08. The molecule has 1 aliphatic rings. The molecule has 0 radical (unpaired) electrons. The molecule has 3 N–H and O–H groups in total. The van der Waals surface area contributed by atoms with E-state index in [4.69, 9.17) is 5.84 Å². The highest BCUT2D eigenvalue weighted by Gasteiger charge is 2.27. The van der Waals surface area contributed by atoms with Crippen LogP contribution in [0.15, 0.2) is 0 Å². The Morgan fingerprint density at radius 1 is 1.53 bits per heavy atom. The maximum atomic E-state index is 11.6. The molecule has 0 aromatic carbocycles. The standard InChI is InChI=1S/C12H27N3O2S2/c1-3-7-18-10-12(14-13)8-11-5-4-6-15(9-11)19(2,16)17/h11-12,14H,3-10,13H2,1-2H3. The zero-order valence-corrected chi connectivity index (χ0v) is 13.6. The molecule has 0 aromatic rings. The Morgan fingerprint density at radius 2 is 2.26 bits per heavy atom. The van der Waals surface area contributed by atoms with Crippen LogP contribution in [0.2, 0.25) is 0 Å². The average Bonchev–Trinajstić information content (AvgIpc) is 2.37. The van der Waals surface area contributed by atoms with Crippen molar-refractivity contribution in [1.29, 1.82) is 0 Å². The first-order valence-corrected chi connectivity index (χ1v) is 9.96. The number of hydrogen-bond donors (Lipinski definition) is 2. The number of piperidine rings is 1. The van der Waals surface area contributed by atoms with Gasteiger partial charge in [-0.15, -0.1) is 0 Å². The van der Waals surface area contributed by atoms with Gasteiger partial charge in [0.1, 0.15) is 0 Å². The fourth-order valence-electron chi connectivity index (χ4n) is 2.48. The zero-order valence-electron chi connectivity index (χ0n) is 12.0. The molecule has 0 aromatic heterocycles. The fourth-order valence-corrected chi connectivity index (χ4v) is 4.39. The molecule has 5 nitrogen and oxygen atoms in total. The van der Waals surface area contributed by atoms with Crippen molar-refractivity contribution in [2.24, 2.45) is 11.8 Å². The lowest BCUT2D eigenvalue weighted by atomic mass is 9.93. The molecule has 0 amide bonds. The molecule has 19 heavy (non-hydrogen) atoms. The summed E-state index contributed by atoms with van der Waals surface area (Å²) in [6.07, 6.45) is 5.48. The second-order valence-corrected chi connectivity index (χ2v) is 8.44. The van der Waals surface area contributed by atoms with Gasteiger partial charge in [-0.1, -0.05) is 6.92 Å². The minimum atomic E-state index is -3.05. The highest BCUT2D eigenvalue weighted by atomic mass is 32.2. The van der Waals surface area contributed by atoms with Crippen molar-refractivity contribution < 1.29 is 8.42 Å². The van der Waals surface area contributed by atoms with E-state index in [-0.39, 0.29) is 6.04 Å². The van der Waals surface area contributed by atoms with Crippen LogP contribution in [-0.2, 0) is 10.0 Å². The third-order valence-electron chi connectivity index (χ3n) is 3.47. The molecule has 7 heteroatoms. The summed E-state index contributed by atoms with van der Waals surface area (Å²) in [5.74, 6) is 8.17. The summed E-state index contributed by atoms with van der Waals surface area (Å²) >= 11 is 1.91. The van der Waals surface area contributed by atoms with E-state index in [2.05, 4.69) is 12.3 Å². The van der Waals surface area contributed by atoms with Crippen LogP contribution in [0.5, 0.6) is 0 Å². The molecule has 1 heterocycles. The molecule has 1 saturated heterocycles. The number of sulfonamides is 1. The SMILES string of the molecule is CCCSCC(CC1CCCN(S(C)(=O)=O)C1)NN. The summed E-state index contributed by atoms with van der Waals surface area (Å²) < 4.78 is 24.8. The van der Waals surface area contributed by atoms with E-state index in [1.165, 1.54) is 12.7 Å². The molecule has 114 valence electrons. The first-order valence-electron chi connectivity index (χ1n) is 6.96. The van der Waals surface area contributed by atoms with Crippen LogP contribution in [-0.4, -0.2) is 49.6 Å². The van der Waals surface area contributed by atoms with E-state index >= 15 is 0 Å². The van der Waals surface area contributed by atoms with Crippen molar-refractivity contribution in [1.82, 2.24) is 9.73 Å². The van der Waals surface area contributed by atoms with Crippen molar-refractivity contribution in [3.05, 3.63) is 0 Å². The quantitative estimate of drug-likeness (QED) is 0.398. The van der Waals surface area contributed by atoms with Crippen molar-refractivity contribution in [3.8, 4) is 0 Å². The molecular weight excluding hydrogens is 282 g/mol. The van der Waals surface area contributed by atoms with E-state index in [0.29, 0.717) is 19.0 Å². The molecule has 1 fully saturated rings. The van der Waals surface area contributed by atoms with Gasteiger partial charge in [0.05, 0.1) is 6.26 Å². The summed E-state index contributed by atoms with van der Waals surface area (Å²) in [5.41, 5.74) is 2.87. The van der Waals surface area contributed by atoms with Crippen LogP contribution in [0.1, 0.15) is 32.6 Å². The van der Waals surface area contributed by atoms with E-state index < -0.39 is 10.0 Å². The number of hydrogen-bond acceptors (Lipinski definition) is 5. The highest BCUT2D eigenvalue weighted by Crippen LogP contribution is 2.23. The van der Waals surface area contributed by atoms with E-state index in [1.807, 2.05) is 11.8 Å². The van der Waals surface area contributed by atoms with Crippen molar-refractivity contribution in [2.75, 3.05) is 30.9 Å². The van der Waals surface area contributed by atoms with Crippen LogP contribution in [0.4, 0.5) is 0 Å². The van der Waals surface area contributed by atoms with Crippen LogP contribution >= 0.6 is 11.8 Å². The zero-order chi connectivity index (χ0) is 14.3. The minimum absolute atomic E-state index is 0.279. The topological polar surface area (TPSA) is 75.4 Å². The maximum Gasteiger partial charge on any atom is 0.211 e. The number of nitrogens with one attached hydrogen (secondary N) is 1. The Kier molecular flexibility index (Phi) is 7.68. The van der Waals surface area contributed by atoms with Gasteiger partial charge in [-0.3, -0.25) is 11.3 Å². The third kappa shape index (κ3) is 6.44. The van der Waals surface area contributed by atoms with Crippen LogP contribution in [0, 0.1) is 5.92 Å². The largest absolute Gasteiger partial charge is 0.271 e. The van der Waals surface area contributed by atoms with Gasteiger partial charge >= 0.3 is 0 Å². The number of thioether (sulfide) groups is 1. The highest BCUT2D eigenvalue weighted by molar-refractivity contribution is 7.99. The monoisotopic (exact) mass is 309 g/mol. The van der Waals surface area contributed by atoms with Gasteiger partial charge in [-0.2, -0.15) is 11.8 Å². The van der Waals surface area contributed by atoms with Crippen molar-refractivity contribution >= 4 is 21.8 Å². The normalized spacial score (nSPS) is 23.4. The molecule has 0 aliphatic carbocycles. The van der Waals surface area contributed by atoms with Crippen molar-refractivity contribution in [3.63, 3.8) is 0 Å². The molecule has 0 spiro atoms. The molecular formula is C12H27N3O2S2. The summed E-state index contributed by atoms with van der Waals surface area (Å²) in [5, 5.41) is 0. The first kappa shape index (κ1) is 17.2. The average molecular weight is 310 g/mol. The molecule has 1 aliphatic heterocycles. The molecule has 2 atom stereocenters. The lowest BCUT2D eigenvalue weighted by Gasteiger charge is -2.32. The Balaban J connectivity index is 2.41. The molecule has 2 unspecified atom stereocenters. The van der Waals surface area contributed by atoms with Crippen LogP contribution < -0.4 is 11.3 Å². The van der Waals surface area contributed by atoms with Gasteiger partial charge in [0, 0.05) is 24.9 Å². The van der Waals surface area contributed by atoms with E-state index in [9.17, 15) is 8.42 Å². The Labute approximate surface area is 121 Å². The summed E-state index contributed by atoms with van der Waals surface area (Å²) in [4.78, 5) is 0. The summed E-state index contributed by atoms with van der Waals surface area (Å²) in [6.45, 7) is 3.49. The van der Waals surface area contributed by atoms with Gasteiger partial charge in [-0.05, 0) is 37.4 Å². The van der Waals surface area contributed by atoms with Crippen molar-refractivity contribution in [2.45, 2.75) is 38.6 Å². The maximum absolute atomic E-state index is 11.6. The fraction of sp³-hybridized carbons (Fsp3) is 1.00. The summed E-state index contributed by atoms with van der Waals surface area (Å²) in [7, 11) is -3.05. The molecule has 1 rings (SSSR count). The lowest BCUT2D eigenvalue weighted by Crippen LogP contribution is -2.44. The van der Waals surface area contributed by atoms with Gasteiger partial charge in [0.2, 0.25) is 10.0 Å². The first-order chi connectivity index (χ1) is 8.97. The van der Waals surface area contributed by atoms with Gasteiger partial charge in [-0.25, -0.2) is 12.7 Å². The minimum Gasteiger partial charge on any atom is -0.271 e. The second kappa shape index (κ2) is 8.46. The molecule has 0 bridgehead atoms. The Morgan fingerprint density at radius 3 is 2.84 bits per heavy atom. The number of hydrazine groups is 1. The van der Waals surface area contributed by atoms with E-state index in [0.717, 1.165) is 30.8 Å². The van der Waals surface area contributed by atoms with Crippen LogP contribution in [0.25, 0.3) is 0 Å². The number of rotatable bonds is 8. The second-order valence-electron chi connectivity index (χ2n) is 5.30. The Bertz CT molecular complexity index is 349. The Hall–Kier alpha value is 0.180.